The van der Waals surface area contributed by atoms with Crippen LogP contribution in [0.5, 0.6) is 34.5 Å². The number of hydrogen-bond acceptors (Lipinski definition) is 13. The molecule has 0 aromatic heterocycles. The van der Waals surface area contributed by atoms with E-state index in [1.165, 1.54) is 36.4 Å². The van der Waals surface area contributed by atoms with Crippen LogP contribution in [-0.2, 0) is 11.2 Å². The second-order valence-electron chi connectivity index (χ2n) is 13.5. The lowest BCUT2D eigenvalue weighted by molar-refractivity contribution is -0.277. The van der Waals surface area contributed by atoms with Crippen molar-refractivity contribution in [3.8, 4) is 34.5 Å². The fourth-order valence-electron chi connectivity index (χ4n) is 8.13. The second kappa shape index (κ2) is 13.3. The molecule has 51 heavy (non-hydrogen) atoms. The van der Waals surface area contributed by atoms with E-state index in [2.05, 4.69) is 0 Å². The van der Waals surface area contributed by atoms with Gasteiger partial charge in [-0.25, -0.2) is 0 Å². The highest BCUT2D eigenvalue weighted by Gasteiger charge is 2.50. The maximum Gasteiger partial charge on any atom is 0.229 e. The summed E-state index contributed by atoms with van der Waals surface area (Å²) in [5.41, 5.74) is 2.30. The van der Waals surface area contributed by atoms with Crippen LogP contribution < -0.4 is 4.74 Å². The molecule has 0 saturated carbocycles. The van der Waals surface area contributed by atoms with Crippen molar-refractivity contribution in [2.24, 2.45) is 0 Å². The van der Waals surface area contributed by atoms with E-state index in [-0.39, 0.29) is 52.7 Å². The van der Waals surface area contributed by atoms with Crippen molar-refractivity contribution in [2.75, 3.05) is 6.61 Å². The number of carbonyl (C=O) groups excluding carboxylic acids is 1. The molecule has 4 aromatic carbocycles. The number of carbonyl (C=O) groups is 1. The number of rotatable bonds is 6. The second-order valence-corrected chi connectivity index (χ2v) is 13.5. The van der Waals surface area contributed by atoms with Crippen molar-refractivity contribution in [1.82, 2.24) is 0 Å². The summed E-state index contributed by atoms with van der Waals surface area (Å²) in [5, 5.41) is 107. The van der Waals surface area contributed by atoms with Crippen molar-refractivity contribution in [3.05, 3.63) is 106 Å². The topological polar surface area (TPSA) is 238 Å². The predicted molar refractivity (Wildman–Crippen MR) is 178 cm³/mol. The van der Waals surface area contributed by atoms with Crippen LogP contribution in [-0.4, -0.2) is 100 Å². The van der Waals surface area contributed by atoms with Crippen LogP contribution in [0.3, 0.4) is 0 Å². The molecule has 3 aliphatic rings. The Hall–Kier alpha value is -4.89. The highest BCUT2D eigenvalue weighted by Crippen LogP contribution is 2.58. The van der Waals surface area contributed by atoms with E-state index in [4.69, 9.17) is 9.47 Å². The molecule has 1 fully saturated rings. The van der Waals surface area contributed by atoms with Gasteiger partial charge in [-0.2, -0.15) is 0 Å². The number of ketones is 1. The first-order valence-electron chi connectivity index (χ1n) is 16.5. The molecule has 0 bridgehead atoms. The number of fused-ring (bicyclic) bond motifs is 2. The zero-order chi connectivity index (χ0) is 36.3. The highest BCUT2D eigenvalue weighted by atomic mass is 16.7. The number of aliphatic hydroxyl groups is 5. The molecule has 1 aliphatic heterocycles. The Morgan fingerprint density at radius 3 is 1.90 bits per heavy atom. The molecule has 6 unspecified atom stereocenters. The number of phenolic OH excluding ortho intramolecular Hbond substituents is 5. The van der Waals surface area contributed by atoms with Gasteiger partial charge in [-0.15, -0.1) is 0 Å². The third-order valence-electron chi connectivity index (χ3n) is 10.5. The minimum atomic E-state index is -1.72. The summed E-state index contributed by atoms with van der Waals surface area (Å²) in [6, 6.07) is 17.8. The number of aliphatic hydroxyl groups excluding tert-OH is 5. The van der Waals surface area contributed by atoms with E-state index < -0.39 is 78.6 Å². The molecule has 0 amide bonds. The minimum absolute atomic E-state index is 0.000212. The van der Waals surface area contributed by atoms with Gasteiger partial charge in [0.25, 0.3) is 0 Å². The normalized spacial score (nSPS) is 30.3. The van der Waals surface area contributed by atoms with E-state index in [0.29, 0.717) is 22.3 Å². The van der Waals surface area contributed by atoms with Gasteiger partial charge in [0.1, 0.15) is 58.9 Å². The van der Waals surface area contributed by atoms with Gasteiger partial charge in [0.15, 0.2) is 5.78 Å². The first-order valence-corrected chi connectivity index (χ1v) is 16.5. The summed E-state index contributed by atoms with van der Waals surface area (Å²) in [5.74, 6) is -4.62. The lowest BCUT2D eigenvalue weighted by Gasteiger charge is -2.46. The van der Waals surface area contributed by atoms with Crippen LogP contribution >= 0.6 is 0 Å². The van der Waals surface area contributed by atoms with Crippen LogP contribution in [0, 0.1) is 0 Å². The SMILES string of the molecule is O=C1CC(c2ccc(O)cc2)C(C2c3c(O)cc(OC4O[C@H](CO)[C@@H](O)[C@H](O)[C@H]4O)cc3CC(c3ccc(O)cc3)C2O)c2cc(O)cc(O)c21. The van der Waals surface area contributed by atoms with E-state index in [9.17, 15) is 55.9 Å². The average Bonchev–Trinajstić information content (AvgIpc) is 3.09. The maximum absolute atomic E-state index is 13.6. The molecule has 13 nitrogen and oxygen atoms in total. The quantitative estimate of drug-likeness (QED) is 0.139. The Morgan fingerprint density at radius 1 is 0.647 bits per heavy atom. The van der Waals surface area contributed by atoms with Crippen molar-refractivity contribution in [2.45, 2.75) is 73.3 Å². The highest BCUT2D eigenvalue weighted by molar-refractivity contribution is 6.02. The van der Waals surface area contributed by atoms with Crippen LogP contribution in [0.4, 0.5) is 0 Å². The first-order chi connectivity index (χ1) is 24.4. The van der Waals surface area contributed by atoms with Gasteiger partial charge in [0.2, 0.25) is 6.29 Å². The molecular weight excluding hydrogens is 664 g/mol. The summed E-state index contributed by atoms with van der Waals surface area (Å²) in [6.45, 7) is -0.674. The lowest BCUT2D eigenvalue weighted by Crippen LogP contribution is -2.60. The fourth-order valence-corrected chi connectivity index (χ4v) is 8.13. The molecule has 268 valence electrons. The predicted octanol–water partition coefficient (Wildman–Crippen LogP) is 2.33. The Bertz CT molecular complexity index is 1930. The minimum Gasteiger partial charge on any atom is -0.508 e. The van der Waals surface area contributed by atoms with E-state index in [1.807, 2.05) is 0 Å². The maximum atomic E-state index is 13.6. The monoisotopic (exact) mass is 702 g/mol. The largest absolute Gasteiger partial charge is 0.508 e. The van der Waals surface area contributed by atoms with Crippen molar-refractivity contribution in [3.63, 3.8) is 0 Å². The van der Waals surface area contributed by atoms with E-state index in [1.54, 1.807) is 30.3 Å². The molecule has 0 radical (unpaired) electrons. The van der Waals surface area contributed by atoms with Gasteiger partial charge >= 0.3 is 0 Å². The molecule has 10 atom stereocenters. The number of ether oxygens (including phenoxy) is 2. The van der Waals surface area contributed by atoms with Gasteiger partial charge in [0, 0.05) is 41.9 Å². The molecule has 4 aromatic rings. The van der Waals surface area contributed by atoms with Gasteiger partial charge in [-0.3, -0.25) is 4.79 Å². The Labute approximate surface area is 291 Å². The van der Waals surface area contributed by atoms with Crippen LogP contribution in [0.15, 0.2) is 72.8 Å². The number of phenols is 5. The Balaban J connectivity index is 1.40. The summed E-state index contributed by atoms with van der Waals surface area (Å²) in [7, 11) is 0. The third-order valence-corrected chi connectivity index (χ3v) is 10.5. The fraction of sp³-hybridized carbons (Fsp3) is 0.342. The molecular formula is C38H38O13. The number of benzene rings is 4. The first kappa shape index (κ1) is 34.6. The molecule has 1 heterocycles. The molecule has 2 aliphatic carbocycles. The number of aromatic hydroxyl groups is 5. The number of hydrogen-bond donors (Lipinski definition) is 10. The van der Waals surface area contributed by atoms with Gasteiger partial charge in [0.05, 0.1) is 18.3 Å². The average molecular weight is 703 g/mol. The van der Waals surface area contributed by atoms with Crippen molar-refractivity contribution < 1.29 is 65.3 Å². The van der Waals surface area contributed by atoms with Gasteiger partial charge in [-0.05, 0) is 71.0 Å². The molecule has 0 spiro atoms. The lowest BCUT2D eigenvalue weighted by atomic mass is 9.59. The van der Waals surface area contributed by atoms with Crippen LogP contribution in [0.2, 0.25) is 0 Å². The zero-order valence-corrected chi connectivity index (χ0v) is 27.0. The van der Waals surface area contributed by atoms with Crippen molar-refractivity contribution in [1.29, 1.82) is 0 Å². The van der Waals surface area contributed by atoms with Crippen LogP contribution in [0.1, 0.15) is 68.3 Å². The zero-order valence-electron chi connectivity index (χ0n) is 27.0. The molecule has 1 saturated heterocycles. The molecule has 13 heteroatoms. The third kappa shape index (κ3) is 6.11. The molecule has 10 N–H and O–H groups in total. The summed E-state index contributed by atoms with van der Waals surface area (Å²) in [4.78, 5) is 13.6. The standard InChI is InChI=1S/C38H38O13/c39-15-29-35(47)36(48)37(49)38(51-29)50-22-9-18-10-24(17-3-7-20(41)8-4-17)34(46)33(30(18)27(44)13-22)31-23(16-1-5-19(40)6-2-16)14-28(45)32-25(31)11-21(42)12-26(32)43/h1-9,11-13,23-24,29,31,33-44,46-49H,10,14-15H2/t23?,24?,29-,31?,33?,34?,35-,36+,37-,38?/m1/s1. The molecule has 7 rings (SSSR count). The van der Waals surface area contributed by atoms with Crippen molar-refractivity contribution >= 4 is 5.78 Å². The van der Waals surface area contributed by atoms with Gasteiger partial charge < -0.3 is 60.5 Å². The number of Topliss-reactive ketones (excluding diaryl/α,β-unsaturated/α-hetero) is 1. The van der Waals surface area contributed by atoms with E-state index >= 15 is 0 Å². The summed E-state index contributed by atoms with van der Waals surface area (Å²) >= 11 is 0. The van der Waals surface area contributed by atoms with E-state index in [0.717, 1.165) is 6.07 Å². The summed E-state index contributed by atoms with van der Waals surface area (Å²) in [6.07, 6.45) is -9.02. The Morgan fingerprint density at radius 2 is 1.27 bits per heavy atom. The van der Waals surface area contributed by atoms with Gasteiger partial charge in [-0.1, -0.05) is 24.3 Å². The van der Waals surface area contributed by atoms with Crippen LogP contribution in [0.25, 0.3) is 0 Å². The smallest absolute Gasteiger partial charge is 0.229 e. The summed E-state index contributed by atoms with van der Waals surface area (Å²) < 4.78 is 11.4. The Kier molecular flexibility index (Phi) is 9.04.